The van der Waals surface area contributed by atoms with Gasteiger partial charge in [-0.3, -0.25) is 9.79 Å². The van der Waals surface area contributed by atoms with Crippen LogP contribution in [0.1, 0.15) is 52.4 Å². The SMILES string of the molecule is CCCC1CC1NC(=NCC)N1CCCC(CC(N)=O)C1. The van der Waals surface area contributed by atoms with Gasteiger partial charge in [0.25, 0.3) is 0 Å². The summed E-state index contributed by atoms with van der Waals surface area (Å²) in [6.07, 6.45) is 6.55. The van der Waals surface area contributed by atoms with E-state index >= 15 is 0 Å². The minimum Gasteiger partial charge on any atom is -0.370 e. The van der Waals surface area contributed by atoms with Gasteiger partial charge < -0.3 is 16.0 Å². The van der Waals surface area contributed by atoms with E-state index in [0.29, 0.717) is 18.4 Å². The summed E-state index contributed by atoms with van der Waals surface area (Å²) in [5.41, 5.74) is 5.34. The molecule has 0 spiro atoms. The van der Waals surface area contributed by atoms with Crippen molar-refractivity contribution in [2.24, 2.45) is 22.6 Å². The van der Waals surface area contributed by atoms with Gasteiger partial charge in [0.15, 0.2) is 5.96 Å². The Morgan fingerprint density at radius 3 is 2.90 bits per heavy atom. The summed E-state index contributed by atoms with van der Waals surface area (Å²) in [6.45, 7) is 7.05. The number of amides is 1. The highest BCUT2D eigenvalue weighted by atomic mass is 16.1. The van der Waals surface area contributed by atoms with Gasteiger partial charge in [-0.25, -0.2) is 0 Å². The number of aliphatic imine (C=N–C) groups is 1. The first-order chi connectivity index (χ1) is 10.1. The number of primary amides is 1. The van der Waals surface area contributed by atoms with Crippen LogP contribution in [0.25, 0.3) is 0 Å². The third kappa shape index (κ3) is 4.90. The van der Waals surface area contributed by atoms with Crippen LogP contribution in [0.2, 0.25) is 0 Å². The van der Waals surface area contributed by atoms with Crippen molar-refractivity contribution < 1.29 is 4.79 Å². The van der Waals surface area contributed by atoms with Crippen LogP contribution in [0.3, 0.4) is 0 Å². The Hall–Kier alpha value is -1.26. The Morgan fingerprint density at radius 2 is 2.24 bits per heavy atom. The fraction of sp³-hybridized carbons (Fsp3) is 0.875. The number of piperidine rings is 1. The lowest BCUT2D eigenvalue weighted by molar-refractivity contribution is -0.119. The van der Waals surface area contributed by atoms with Gasteiger partial charge >= 0.3 is 0 Å². The molecule has 3 N–H and O–H groups in total. The van der Waals surface area contributed by atoms with Gasteiger partial charge in [0, 0.05) is 32.1 Å². The number of nitrogens with two attached hydrogens (primary N) is 1. The van der Waals surface area contributed by atoms with Crippen molar-refractivity contribution in [2.45, 2.75) is 58.4 Å². The summed E-state index contributed by atoms with van der Waals surface area (Å²) in [5.74, 6) is 2.05. The van der Waals surface area contributed by atoms with Gasteiger partial charge in [-0.05, 0) is 44.4 Å². The Kier molecular flexibility index (Phi) is 5.88. The highest BCUT2D eigenvalue weighted by molar-refractivity contribution is 5.81. The number of carbonyl (C=O) groups is 1. The summed E-state index contributed by atoms with van der Waals surface area (Å²) in [4.78, 5) is 18.1. The number of carbonyl (C=O) groups excluding carboxylic acids is 1. The van der Waals surface area contributed by atoms with Gasteiger partial charge in [-0.2, -0.15) is 0 Å². The molecule has 2 fully saturated rings. The predicted molar refractivity (Wildman–Crippen MR) is 86.0 cm³/mol. The largest absolute Gasteiger partial charge is 0.370 e. The predicted octanol–water partition coefficient (Wildman–Crippen LogP) is 1.73. The normalized spacial score (nSPS) is 29.3. The fourth-order valence-corrected chi connectivity index (χ4v) is 3.38. The molecule has 0 aromatic rings. The molecule has 1 aliphatic carbocycles. The second-order valence-electron chi connectivity index (χ2n) is 6.46. The molecule has 2 rings (SSSR count). The van der Waals surface area contributed by atoms with Crippen LogP contribution in [-0.4, -0.2) is 42.4 Å². The van der Waals surface area contributed by atoms with Crippen LogP contribution >= 0.6 is 0 Å². The van der Waals surface area contributed by atoms with Gasteiger partial charge in [0.2, 0.25) is 5.91 Å². The molecule has 120 valence electrons. The lowest BCUT2D eigenvalue weighted by atomic mass is 9.95. The summed E-state index contributed by atoms with van der Waals surface area (Å²) < 4.78 is 0. The first-order valence-corrected chi connectivity index (χ1v) is 8.48. The second-order valence-corrected chi connectivity index (χ2v) is 6.46. The Morgan fingerprint density at radius 1 is 1.43 bits per heavy atom. The van der Waals surface area contributed by atoms with Crippen LogP contribution in [0.4, 0.5) is 0 Å². The molecular weight excluding hydrogens is 264 g/mol. The molecule has 1 heterocycles. The van der Waals surface area contributed by atoms with Crippen molar-refractivity contribution in [3.05, 3.63) is 0 Å². The molecule has 1 amide bonds. The number of guanidine groups is 1. The minimum absolute atomic E-state index is 0.186. The van der Waals surface area contributed by atoms with Crippen LogP contribution in [0.15, 0.2) is 4.99 Å². The molecule has 5 nitrogen and oxygen atoms in total. The van der Waals surface area contributed by atoms with E-state index in [-0.39, 0.29) is 5.91 Å². The molecule has 1 saturated heterocycles. The first-order valence-electron chi connectivity index (χ1n) is 8.48. The standard InChI is InChI=1S/C16H30N4O/c1-3-6-13-10-14(13)19-16(18-4-2)20-8-5-7-12(11-20)9-15(17)21/h12-14H,3-11H2,1-2H3,(H2,17,21)(H,18,19). The summed E-state index contributed by atoms with van der Waals surface area (Å²) in [6, 6.07) is 0.603. The van der Waals surface area contributed by atoms with Crippen molar-refractivity contribution in [3.8, 4) is 0 Å². The van der Waals surface area contributed by atoms with E-state index in [9.17, 15) is 4.79 Å². The quantitative estimate of drug-likeness (QED) is 0.579. The number of likely N-dealkylation sites (tertiary alicyclic amines) is 1. The van der Waals surface area contributed by atoms with E-state index in [1.165, 1.54) is 19.3 Å². The van der Waals surface area contributed by atoms with E-state index in [1.54, 1.807) is 0 Å². The monoisotopic (exact) mass is 294 g/mol. The molecular formula is C16H30N4O. The fourth-order valence-electron chi connectivity index (χ4n) is 3.38. The van der Waals surface area contributed by atoms with Gasteiger partial charge in [-0.15, -0.1) is 0 Å². The smallest absolute Gasteiger partial charge is 0.217 e. The molecule has 21 heavy (non-hydrogen) atoms. The topological polar surface area (TPSA) is 70.7 Å². The van der Waals surface area contributed by atoms with Gasteiger partial charge in [-0.1, -0.05) is 13.3 Å². The van der Waals surface area contributed by atoms with E-state index < -0.39 is 0 Å². The minimum atomic E-state index is -0.186. The van der Waals surface area contributed by atoms with E-state index in [2.05, 4.69) is 29.1 Å². The van der Waals surface area contributed by atoms with Crippen molar-refractivity contribution in [2.75, 3.05) is 19.6 Å². The Balaban J connectivity index is 1.89. The maximum absolute atomic E-state index is 11.1. The highest BCUT2D eigenvalue weighted by Gasteiger charge is 2.37. The average molecular weight is 294 g/mol. The Labute approximate surface area is 128 Å². The molecule has 2 aliphatic rings. The molecule has 1 saturated carbocycles. The zero-order valence-electron chi connectivity index (χ0n) is 13.5. The van der Waals surface area contributed by atoms with Crippen molar-refractivity contribution in [1.29, 1.82) is 0 Å². The number of hydrogen-bond acceptors (Lipinski definition) is 2. The molecule has 0 aromatic heterocycles. The number of nitrogens with one attached hydrogen (secondary N) is 1. The molecule has 0 aromatic carbocycles. The molecule has 3 unspecified atom stereocenters. The zero-order chi connectivity index (χ0) is 15.2. The van der Waals surface area contributed by atoms with Crippen LogP contribution in [0, 0.1) is 11.8 Å². The van der Waals surface area contributed by atoms with Crippen molar-refractivity contribution in [3.63, 3.8) is 0 Å². The zero-order valence-corrected chi connectivity index (χ0v) is 13.5. The van der Waals surface area contributed by atoms with Crippen molar-refractivity contribution >= 4 is 11.9 Å². The maximum atomic E-state index is 11.1. The summed E-state index contributed by atoms with van der Waals surface area (Å²) in [7, 11) is 0. The number of nitrogens with zero attached hydrogens (tertiary/aromatic N) is 2. The summed E-state index contributed by atoms with van der Waals surface area (Å²) in [5, 5.41) is 3.63. The third-order valence-corrected chi connectivity index (χ3v) is 4.51. The first kappa shape index (κ1) is 16.1. The van der Waals surface area contributed by atoms with Crippen LogP contribution in [-0.2, 0) is 4.79 Å². The van der Waals surface area contributed by atoms with Crippen LogP contribution in [0.5, 0.6) is 0 Å². The van der Waals surface area contributed by atoms with Gasteiger partial charge in [0.05, 0.1) is 0 Å². The maximum Gasteiger partial charge on any atom is 0.217 e. The van der Waals surface area contributed by atoms with Gasteiger partial charge in [0.1, 0.15) is 0 Å². The summed E-state index contributed by atoms with van der Waals surface area (Å²) >= 11 is 0. The lowest BCUT2D eigenvalue weighted by Gasteiger charge is -2.35. The van der Waals surface area contributed by atoms with E-state index in [4.69, 9.17) is 5.73 Å². The number of rotatable bonds is 6. The molecule has 1 aliphatic heterocycles. The van der Waals surface area contributed by atoms with Crippen LogP contribution < -0.4 is 11.1 Å². The second kappa shape index (κ2) is 7.66. The van der Waals surface area contributed by atoms with E-state index in [0.717, 1.165) is 44.4 Å². The third-order valence-electron chi connectivity index (χ3n) is 4.51. The molecule has 3 atom stereocenters. The Bertz CT molecular complexity index is 382. The molecule has 0 radical (unpaired) electrons. The molecule has 0 bridgehead atoms. The highest BCUT2D eigenvalue weighted by Crippen LogP contribution is 2.34. The van der Waals surface area contributed by atoms with E-state index in [1.807, 2.05) is 0 Å². The lowest BCUT2D eigenvalue weighted by Crippen LogP contribution is -2.48. The van der Waals surface area contributed by atoms with Crippen molar-refractivity contribution in [1.82, 2.24) is 10.2 Å². The average Bonchev–Trinajstić information content (AvgIpc) is 3.16. The number of hydrogen-bond donors (Lipinski definition) is 2. The molecule has 5 heteroatoms.